The Morgan fingerprint density at radius 2 is 2.13 bits per heavy atom. The maximum absolute atomic E-state index is 11.7. The number of Topliss-reactive ketones (excluding diaryl/α,β-unsaturated/α-hetero) is 1. The average molecular weight is 207 g/mol. The molecule has 0 amide bonds. The monoisotopic (exact) mass is 207 g/mol. The van der Waals surface area contributed by atoms with E-state index in [2.05, 4.69) is 0 Å². The highest BCUT2D eigenvalue weighted by Gasteiger charge is 2.23. The molecule has 1 aromatic carbocycles. The van der Waals surface area contributed by atoms with Crippen LogP contribution >= 0.6 is 0 Å². The molecule has 0 saturated heterocycles. The van der Waals surface area contributed by atoms with Crippen molar-refractivity contribution in [3.05, 3.63) is 23.3 Å². The lowest BCUT2D eigenvalue weighted by Crippen LogP contribution is -2.09. The SMILES string of the molecule is Cc1ccc(C(=O)CCN)c2c1OCO2. The number of ether oxygens (including phenoxy) is 2. The van der Waals surface area contributed by atoms with Crippen molar-refractivity contribution in [3.8, 4) is 11.5 Å². The van der Waals surface area contributed by atoms with E-state index in [0.717, 1.165) is 5.56 Å². The molecule has 1 aliphatic heterocycles. The largest absolute Gasteiger partial charge is 0.453 e. The number of hydrogen-bond acceptors (Lipinski definition) is 4. The average Bonchev–Trinajstić information content (AvgIpc) is 2.68. The van der Waals surface area contributed by atoms with Gasteiger partial charge in [0.1, 0.15) is 0 Å². The van der Waals surface area contributed by atoms with Gasteiger partial charge in [-0.15, -0.1) is 0 Å². The van der Waals surface area contributed by atoms with Crippen LogP contribution < -0.4 is 15.2 Å². The first-order chi connectivity index (χ1) is 7.24. The predicted octanol–water partition coefficient (Wildman–Crippen LogP) is 1.26. The number of carbonyl (C=O) groups is 1. The van der Waals surface area contributed by atoms with Gasteiger partial charge in [0.15, 0.2) is 17.3 Å². The Hall–Kier alpha value is -1.55. The molecule has 1 aliphatic rings. The van der Waals surface area contributed by atoms with E-state index in [1.807, 2.05) is 13.0 Å². The Morgan fingerprint density at radius 1 is 1.40 bits per heavy atom. The summed E-state index contributed by atoms with van der Waals surface area (Å²) >= 11 is 0. The molecule has 0 saturated carbocycles. The summed E-state index contributed by atoms with van der Waals surface area (Å²) in [6.45, 7) is 2.45. The Morgan fingerprint density at radius 3 is 2.87 bits per heavy atom. The molecule has 0 aromatic heterocycles. The van der Waals surface area contributed by atoms with Crippen LogP contribution in [0, 0.1) is 6.92 Å². The molecular weight excluding hydrogens is 194 g/mol. The molecule has 15 heavy (non-hydrogen) atoms. The van der Waals surface area contributed by atoms with Crippen molar-refractivity contribution in [3.63, 3.8) is 0 Å². The summed E-state index contributed by atoms with van der Waals surface area (Å²) in [7, 11) is 0. The van der Waals surface area contributed by atoms with Crippen LogP contribution in [0.5, 0.6) is 11.5 Å². The molecule has 0 radical (unpaired) electrons. The summed E-state index contributed by atoms with van der Waals surface area (Å²) in [4.78, 5) is 11.7. The van der Waals surface area contributed by atoms with Gasteiger partial charge in [0.2, 0.25) is 6.79 Å². The molecule has 80 valence electrons. The normalized spacial score (nSPS) is 12.9. The van der Waals surface area contributed by atoms with E-state index < -0.39 is 0 Å². The molecule has 0 unspecified atom stereocenters. The molecule has 1 aromatic rings. The van der Waals surface area contributed by atoms with Gasteiger partial charge in [-0.1, -0.05) is 6.07 Å². The summed E-state index contributed by atoms with van der Waals surface area (Å²) in [6.07, 6.45) is 0.332. The van der Waals surface area contributed by atoms with Gasteiger partial charge in [0.05, 0.1) is 5.56 Å². The number of aryl methyl sites for hydroxylation is 1. The lowest BCUT2D eigenvalue weighted by Gasteiger charge is -2.05. The second kappa shape index (κ2) is 3.90. The fourth-order valence-electron chi connectivity index (χ4n) is 1.62. The molecule has 1 heterocycles. The van der Waals surface area contributed by atoms with Crippen LogP contribution in [0.3, 0.4) is 0 Å². The molecule has 0 atom stereocenters. The first-order valence-corrected chi connectivity index (χ1v) is 4.86. The number of rotatable bonds is 3. The van der Waals surface area contributed by atoms with E-state index in [-0.39, 0.29) is 12.6 Å². The topological polar surface area (TPSA) is 61.6 Å². The minimum atomic E-state index is -0.000694. The zero-order valence-electron chi connectivity index (χ0n) is 8.58. The van der Waals surface area contributed by atoms with Gasteiger partial charge in [0.25, 0.3) is 0 Å². The highest BCUT2D eigenvalue weighted by Crippen LogP contribution is 2.38. The van der Waals surface area contributed by atoms with Crippen LogP contribution in [-0.2, 0) is 0 Å². The van der Waals surface area contributed by atoms with E-state index in [9.17, 15) is 4.79 Å². The lowest BCUT2D eigenvalue weighted by atomic mass is 10.0. The predicted molar refractivity (Wildman–Crippen MR) is 55.3 cm³/mol. The van der Waals surface area contributed by atoms with Gasteiger partial charge < -0.3 is 15.2 Å². The van der Waals surface area contributed by atoms with Crippen molar-refractivity contribution in [1.82, 2.24) is 0 Å². The van der Waals surface area contributed by atoms with Crippen molar-refractivity contribution < 1.29 is 14.3 Å². The highest BCUT2D eigenvalue weighted by molar-refractivity contribution is 5.99. The second-order valence-electron chi connectivity index (χ2n) is 3.46. The zero-order valence-corrected chi connectivity index (χ0v) is 8.58. The summed E-state index contributed by atoms with van der Waals surface area (Å²) in [6, 6.07) is 3.62. The summed E-state index contributed by atoms with van der Waals surface area (Å²) < 4.78 is 10.6. The standard InChI is InChI=1S/C11H13NO3/c1-7-2-3-8(9(13)4-5-12)11-10(7)14-6-15-11/h2-3H,4-6,12H2,1H3. The summed E-state index contributed by atoms with van der Waals surface area (Å²) in [5.74, 6) is 1.24. The molecule has 0 bridgehead atoms. The fourth-order valence-corrected chi connectivity index (χ4v) is 1.62. The number of nitrogens with two attached hydrogens (primary N) is 1. The van der Waals surface area contributed by atoms with Crippen LogP contribution in [0.15, 0.2) is 12.1 Å². The number of hydrogen-bond donors (Lipinski definition) is 1. The minimum absolute atomic E-state index is 0.000694. The van der Waals surface area contributed by atoms with E-state index in [1.54, 1.807) is 6.07 Å². The fraction of sp³-hybridized carbons (Fsp3) is 0.364. The van der Waals surface area contributed by atoms with E-state index in [1.165, 1.54) is 0 Å². The van der Waals surface area contributed by atoms with Gasteiger partial charge in [-0.3, -0.25) is 4.79 Å². The number of carbonyl (C=O) groups excluding carboxylic acids is 1. The molecule has 4 heteroatoms. The van der Waals surface area contributed by atoms with Gasteiger partial charge in [-0.05, 0) is 25.1 Å². The quantitative estimate of drug-likeness (QED) is 0.758. The van der Waals surface area contributed by atoms with Crippen LogP contribution in [0.2, 0.25) is 0 Å². The Kier molecular flexibility index (Phi) is 2.60. The molecular formula is C11H13NO3. The maximum Gasteiger partial charge on any atom is 0.231 e. The molecule has 0 aliphatic carbocycles. The third kappa shape index (κ3) is 1.68. The lowest BCUT2D eigenvalue weighted by molar-refractivity contribution is 0.0981. The second-order valence-corrected chi connectivity index (χ2v) is 3.46. The number of ketones is 1. The van der Waals surface area contributed by atoms with Gasteiger partial charge in [-0.2, -0.15) is 0 Å². The summed E-state index contributed by atoms with van der Waals surface area (Å²) in [5.41, 5.74) is 6.90. The molecule has 2 N–H and O–H groups in total. The highest BCUT2D eigenvalue weighted by atomic mass is 16.7. The van der Waals surface area contributed by atoms with Crippen molar-refractivity contribution in [2.24, 2.45) is 5.73 Å². The van der Waals surface area contributed by atoms with Crippen LogP contribution in [0.4, 0.5) is 0 Å². The van der Waals surface area contributed by atoms with Crippen LogP contribution in [0.25, 0.3) is 0 Å². The van der Waals surface area contributed by atoms with E-state index in [0.29, 0.717) is 30.0 Å². The molecule has 2 rings (SSSR count). The number of fused-ring (bicyclic) bond motifs is 1. The van der Waals surface area contributed by atoms with Crippen molar-refractivity contribution in [2.75, 3.05) is 13.3 Å². The molecule has 0 fully saturated rings. The van der Waals surface area contributed by atoms with Crippen LogP contribution in [-0.4, -0.2) is 19.1 Å². The summed E-state index contributed by atoms with van der Waals surface area (Å²) in [5, 5.41) is 0. The van der Waals surface area contributed by atoms with Crippen molar-refractivity contribution >= 4 is 5.78 Å². The molecule has 4 nitrogen and oxygen atoms in total. The van der Waals surface area contributed by atoms with Crippen molar-refractivity contribution in [1.29, 1.82) is 0 Å². The Bertz CT molecular complexity index is 401. The van der Waals surface area contributed by atoms with Gasteiger partial charge in [-0.25, -0.2) is 0 Å². The van der Waals surface area contributed by atoms with E-state index >= 15 is 0 Å². The Labute approximate surface area is 88.0 Å². The number of benzene rings is 1. The van der Waals surface area contributed by atoms with E-state index in [4.69, 9.17) is 15.2 Å². The Balaban J connectivity index is 2.41. The van der Waals surface area contributed by atoms with Crippen molar-refractivity contribution in [2.45, 2.75) is 13.3 Å². The maximum atomic E-state index is 11.7. The third-order valence-electron chi connectivity index (χ3n) is 2.39. The first kappa shape index (κ1) is 9.98. The molecule has 0 spiro atoms. The zero-order chi connectivity index (χ0) is 10.8. The third-order valence-corrected chi connectivity index (χ3v) is 2.39. The smallest absolute Gasteiger partial charge is 0.231 e. The first-order valence-electron chi connectivity index (χ1n) is 4.86. The van der Waals surface area contributed by atoms with Crippen LogP contribution in [0.1, 0.15) is 22.3 Å². The minimum Gasteiger partial charge on any atom is -0.453 e. The van der Waals surface area contributed by atoms with Gasteiger partial charge in [0, 0.05) is 6.42 Å². The van der Waals surface area contributed by atoms with Gasteiger partial charge >= 0.3 is 0 Å².